The van der Waals surface area contributed by atoms with Gasteiger partial charge in [0.15, 0.2) is 0 Å². The summed E-state index contributed by atoms with van der Waals surface area (Å²) in [6, 6.07) is 4.95. The Hall–Kier alpha value is -1.25. The van der Waals surface area contributed by atoms with E-state index < -0.39 is 0 Å². The Labute approximate surface area is 103 Å². The van der Waals surface area contributed by atoms with Crippen LogP contribution in [-0.2, 0) is 0 Å². The van der Waals surface area contributed by atoms with Crippen LogP contribution in [0.15, 0.2) is 18.2 Å². The third-order valence-electron chi connectivity index (χ3n) is 3.12. The molecule has 0 amide bonds. The Morgan fingerprint density at radius 3 is 2.59 bits per heavy atom. The molecule has 0 spiro atoms. The zero-order chi connectivity index (χ0) is 12.8. The number of halogens is 1. The van der Waals surface area contributed by atoms with E-state index in [9.17, 15) is 4.39 Å². The molecular weight excluding hydrogens is 217 g/mol. The molecule has 3 heteroatoms. The predicted octanol–water partition coefficient (Wildman–Crippen LogP) is 4.07. The summed E-state index contributed by atoms with van der Waals surface area (Å²) >= 11 is 0. The lowest BCUT2D eigenvalue weighted by atomic mass is 10.0. The third-order valence-corrected chi connectivity index (χ3v) is 3.12. The Morgan fingerprint density at radius 2 is 2.00 bits per heavy atom. The van der Waals surface area contributed by atoms with E-state index in [1.807, 2.05) is 6.92 Å². The second-order valence-electron chi connectivity index (χ2n) is 4.39. The van der Waals surface area contributed by atoms with Gasteiger partial charge in [-0.3, -0.25) is 0 Å². The second-order valence-corrected chi connectivity index (χ2v) is 4.39. The van der Waals surface area contributed by atoms with Gasteiger partial charge in [-0.1, -0.05) is 20.3 Å². The minimum absolute atomic E-state index is 0.268. The summed E-state index contributed by atoms with van der Waals surface area (Å²) in [5.74, 6) is 0.882. The van der Waals surface area contributed by atoms with E-state index in [-0.39, 0.29) is 5.82 Å². The van der Waals surface area contributed by atoms with E-state index in [0.717, 1.165) is 12.1 Å². The molecule has 1 aromatic rings. The fourth-order valence-corrected chi connectivity index (χ4v) is 1.63. The standard InChI is InChI=1S/C14H22FNO/c1-5-10(3)11(4)16-13-8-7-12(15)9-14(13)17-6-2/h7-11,16H,5-6H2,1-4H3. The van der Waals surface area contributed by atoms with Crippen LogP contribution in [-0.4, -0.2) is 12.6 Å². The number of anilines is 1. The molecule has 0 radical (unpaired) electrons. The van der Waals surface area contributed by atoms with Crippen molar-refractivity contribution in [3.05, 3.63) is 24.0 Å². The Kier molecular flexibility index (Phi) is 5.26. The van der Waals surface area contributed by atoms with Crippen LogP contribution in [0.2, 0.25) is 0 Å². The quantitative estimate of drug-likeness (QED) is 0.808. The summed E-state index contributed by atoms with van der Waals surface area (Å²) in [7, 11) is 0. The van der Waals surface area contributed by atoms with Crippen molar-refractivity contribution in [2.24, 2.45) is 5.92 Å². The van der Waals surface area contributed by atoms with Gasteiger partial charge in [0.1, 0.15) is 11.6 Å². The largest absolute Gasteiger partial charge is 0.492 e. The lowest BCUT2D eigenvalue weighted by Gasteiger charge is -2.22. The number of hydrogen-bond acceptors (Lipinski definition) is 2. The molecule has 0 aliphatic carbocycles. The molecule has 0 aliphatic heterocycles. The molecule has 1 aromatic carbocycles. The maximum atomic E-state index is 13.1. The molecule has 0 saturated carbocycles. The van der Waals surface area contributed by atoms with Crippen LogP contribution in [0.3, 0.4) is 0 Å². The van der Waals surface area contributed by atoms with Crippen molar-refractivity contribution in [3.8, 4) is 5.75 Å². The number of ether oxygens (including phenoxy) is 1. The highest BCUT2D eigenvalue weighted by Crippen LogP contribution is 2.27. The minimum Gasteiger partial charge on any atom is -0.492 e. The highest BCUT2D eigenvalue weighted by molar-refractivity contribution is 5.57. The van der Waals surface area contributed by atoms with Crippen molar-refractivity contribution in [2.75, 3.05) is 11.9 Å². The van der Waals surface area contributed by atoms with Gasteiger partial charge in [-0.15, -0.1) is 0 Å². The lowest BCUT2D eigenvalue weighted by Crippen LogP contribution is -2.23. The molecule has 2 atom stereocenters. The molecule has 0 bridgehead atoms. The summed E-state index contributed by atoms with van der Waals surface area (Å²) in [4.78, 5) is 0. The van der Waals surface area contributed by atoms with E-state index in [0.29, 0.717) is 24.3 Å². The maximum absolute atomic E-state index is 13.1. The second kappa shape index (κ2) is 6.48. The van der Waals surface area contributed by atoms with Gasteiger partial charge >= 0.3 is 0 Å². The topological polar surface area (TPSA) is 21.3 Å². The summed E-state index contributed by atoms with van der Waals surface area (Å²) in [6.07, 6.45) is 1.11. The van der Waals surface area contributed by atoms with Gasteiger partial charge in [-0.25, -0.2) is 4.39 Å². The minimum atomic E-state index is -0.268. The average Bonchev–Trinajstić information content (AvgIpc) is 2.31. The highest BCUT2D eigenvalue weighted by Gasteiger charge is 2.12. The van der Waals surface area contributed by atoms with E-state index in [4.69, 9.17) is 4.74 Å². The summed E-state index contributed by atoms with van der Waals surface area (Å²) in [5, 5.41) is 3.38. The van der Waals surface area contributed by atoms with E-state index in [1.165, 1.54) is 12.1 Å². The monoisotopic (exact) mass is 239 g/mol. The van der Waals surface area contributed by atoms with Gasteiger partial charge < -0.3 is 10.1 Å². The molecule has 0 fully saturated rings. The van der Waals surface area contributed by atoms with Crippen LogP contribution >= 0.6 is 0 Å². The fraction of sp³-hybridized carbons (Fsp3) is 0.571. The van der Waals surface area contributed by atoms with Crippen LogP contribution in [0, 0.1) is 11.7 Å². The number of benzene rings is 1. The van der Waals surface area contributed by atoms with Gasteiger partial charge in [0.05, 0.1) is 12.3 Å². The molecule has 1 rings (SSSR count). The van der Waals surface area contributed by atoms with Gasteiger partial charge in [0.25, 0.3) is 0 Å². The highest BCUT2D eigenvalue weighted by atomic mass is 19.1. The van der Waals surface area contributed by atoms with Gasteiger partial charge in [-0.05, 0) is 31.9 Å². The van der Waals surface area contributed by atoms with Crippen LogP contribution < -0.4 is 10.1 Å². The zero-order valence-corrected chi connectivity index (χ0v) is 11.1. The average molecular weight is 239 g/mol. The van der Waals surface area contributed by atoms with Crippen molar-refractivity contribution in [3.63, 3.8) is 0 Å². The number of nitrogens with one attached hydrogen (secondary N) is 1. The summed E-state index contributed by atoms with van der Waals surface area (Å²) < 4.78 is 18.6. The predicted molar refractivity (Wildman–Crippen MR) is 70.1 cm³/mol. The van der Waals surface area contributed by atoms with Crippen LogP contribution in [0.1, 0.15) is 34.1 Å². The van der Waals surface area contributed by atoms with E-state index in [2.05, 4.69) is 26.1 Å². The first-order valence-electron chi connectivity index (χ1n) is 6.27. The lowest BCUT2D eigenvalue weighted by molar-refractivity contribution is 0.339. The van der Waals surface area contributed by atoms with Gasteiger partial charge in [0.2, 0.25) is 0 Å². The molecule has 2 nitrogen and oxygen atoms in total. The number of hydrogen-bond donors (Lipinski definition) is 1. The molecule has 17 heavy (non-hydrogen) atoms. The van der Waals surface area contributed by atoms with Gasteiger partial charge in [-0.2, -0.15) is 0 Å². The zero-order valence-electron chi connectivity index (χ0n) is 11.1. The molecule has 0 heterocycles. The van der Waals surface area contributed by atoms with Crippen LogP contribution in [0.4, 0.5) is 10.1 Å². The Bertz CT molecular complexity index is 354. The normalized spacial score (nSPS) is 14.2. The van der Waals surface area contributed by atoms with E-state index >= 15 is 0 Å². The fourth-order valence-electron chi connectivity index (χ4n) is 1.63. The van der Waals surface area contributed by atoms with Crippen molar-refractivity contribution in [1.29, 1.82) is 0 Å². The first kappa shape index (κ1) is 13.8. The molecule has 2 unspecified atom stereocenters. The van der Waals surface area contributed by atoms with Crippen molar-refractivity contribution >= 4 is 5.69 Å². The molecule has 0 aliphatic rings. The van der Waals surface area contributed by atoms with Crippen molar-refractivity contribution < 1.29 is 9.13 Å². The summed E-state index contributed by atoms with van der Waals surface area (Å²) in [6.45, 7) is 8.92. The Morgan fingerprint density at radius 1 is 1.29 bits per heavy atom. The molecule has 96 valence electrons. The number of rotatable bonds is 6. The first-order chi connectivity index (χ1) is 8.08. The molecule has 1 N–H and O–H groups in total. The Balaban J connectivity index is 2.82. The van der Waals surface area contributed by atoms with Crippen LogP contribution in [0.5, 0.6) is 5.75 Å². The maximum Gasteiger partial charge on any atom is 0.145 e. The van der Waals surface area contributed by atoms with Crippen molar-refractivity contribution in [1.82, 2.24) is 0 Å². The smallest absolute Gasteiger partial charge is 0.145 e. The molecular formula is C14H22FNO. The SMILES string of the molecule is CCOc1cc(F)ccc1NC(C)C(C)CC. The first-order valence-corrected chi connectivity index (χ1v) is 6.27. The molecule has 0 aromatic heterocycles. The summed E-state index contributed by atoms with van der Waals surface area (Å²) in [5.41, 5.74) is 0.862. The van der Waals surface area contributed by atoms with E-state index in [1.54, 1.807) is 6.07 Å². The van der Waals surface area contributed by atoms with Crippen molar-refractivity contribution in [2.45, 2.75) is 40.2 Å². The van der Waals surface area contributed by atoms with Gasteiger partial charge in [0, 0.05) is 12.1 Å². The van der Waals surface area contributed by atoms with Crippen LogP contribution in [0.25, 0.3) is 0 Å². The molecule has 0 saturated heterocycles. The third kappa shape index (κ3) is 3.91.